The minimum absolute atomic E-state index is 0.247. The smallest absolute Gasteiger partial charge is 0.0550 e. The number of hydrazine groups is 1. The molecule has 1 atom stereocenters. The molecule has 1 unspecified atom stereocenters. The summed E-state index contributed by atoms with van der Waals surface area (Å²) in [7, 11) is 0. The fourth-order valence-electron chi connectivity index (χ4n) is 1.42. The largest absolute Gasteiger partial charge is 0.271 e. The molecule has 1 aromatic rings. The molecule has 15 heavy (non-hydrogen) atoms. The van der Waals surface area contributed by atoms with Crippen LogP contribution < -0.4 is 11.3 Å². The Morgan fingerprint density at radius 3 is 2.67 bits per heavy atom. The van der Waals surface area contributed by atoms with E-state index in [1.807, 2.05) is 11.8 Å². The maximum Gasteiger partial charge on any atom is 0.0550 e. The molecule has 1 rings (SSSR count). The summed E-state index contributed by atoms with van der Waals surface area (Å²) in [6.07, 6.45) is 0. The van der Waals surface area contributed by atoms with Crippen LogP contribution in [0.15, 0.2) is 24.3 Å². The van der Waals surface area contributed by atoms with Crippen molar-refractivity contribution in [1.82, 2.24) is 5.43 Å². The number of benzene rings is 1. The number of hydrogen-bond donors (Lipinski definition) is 2. The first-order valence-electron chi connectivity index (χ1n) is 5.27. The Labute approximate surface area is 96.6 Å². The van der Waals surface area contributed by atoms with Crippen LogP contribution in [0.4, 0.5) is 0 Å². The third kappa shape index (κ3) is 4.24. The van der Waals surface area contributed by atoms with Crippen LogP contribution in [0.5, 0.6) is 0 Å². The summed E-state index contributed by atoms with van der Waals surface area (Å²) in [4.78, 5) is 0. The summed E-state index contributed by atoms with van der Waals surface area (Å²) >= 11 is 1.92. The molecule has 0 aromatic heterocycles. The fourth-order valence-corrected chi connectivity index (χ4v) is 2.28. The Balaban J connectivity index is 2.65. The Bertz CT molecular complexity index is 299. The zero-order chi connectivity index (χ0) is 11.3. The fraction of sp³-hybridized carbons (Fsp3) is 0.500. The van der Waals surface area contributed by atoms with Crippen molar-refractivity contribution in [3.05, 3.63) is 35.4 Å². The van der Waals surface area contributed by atoms with Crippen molar-refractivity contribution in [1.29, 1.82) is 0 Å². The van der Waals surface area contributed by atoms with Crippen molar-refractivity contribution >= 4 is 11.8 Å². The molecule has 0 saturated heterocycles. The van der Waals surface area contributed by atoms with E-state index < -0.39 is 0 Å². The second-order valence-corrected chi connectivity index (χ2v) is 5.62. The highest BCUT2D eigenvalue weighted by Gasteiger charge is 2.10. The van der Waals surface area contributed by atoms with Gasteiger partial charge in [0.15, 0.2) is 0 Å². The number of nitrogens with two attached hydrogens (primary N) is 1. The zero-order valence-electron chi connectivity index (χ0n) is 9.66. The van der Waals surface area contributed by atoms with E-state index in [1.165, 1.54) is 11.1 Å². The Hall–Kier alpha value is -0.510. The minimum Gasteiger partial charge on any atom is -0.271 e. The summed E-state index contributed by atoms with van der Waals surface area (Å²) < 4.78 is 0. The standard InChI is InChI=1S/C12H20N2S/c1-9(2)15-8-12(14-13)11-6-4-5-10(3)7-11/h4-7,9,12,14H,8,13H2,1-3H3. The molecule has 0 aliphatic carbocycles. The van der Waals surface area contributed by atoms with Gasteiger partial charge in [-0.15, -0.1) is 0 Å². The lowest BCUT2D eigenvalue weighted by atomic mass is 10.1. The Morgan fingerprint density at radius 2 is 2.13 bits per heavy atom. The molecule has 2 nitrogen and oxygen atoms in total. The van der Waals surface area contributed by atoms with Gasteiger partial charge in [-0.25, -0.2) is 0 Å². The van der Waals surface area contributed by atoms with Gasteiger partial charge in [0.2, 0.25) is 0 Å². The van der Waals surface area contributed by atoms with Gasteiger partial charge in [0, 0.05) is 5.75 Å². The molecule has 0 aliphatic rings. The molecule has 3 N–H and O–H groups in total. The van der Waals surface area contributed by atoms with Crippen LogP contribution in [-0.4, -0.2) is 11.0 Å². The van der Waals surface area contributed by atoms with E-state index in [-0.39, 0.29) is 6.04 Å². The molecule has 0 radical (unpaired) electrons. The van der Waals surface area contributed by atoms with Crippen LogP contribution in [-0.2, 0) is 0 Å². The van der Waals surface area contributed by atoms with Gasteiger partial charge in [0.25, 0.3) is 0 Å². The summed E-state index contributed by atoms with van der Waals surface area (Å²) in [5, 5.41) is 0.644. The molecule has 0 fully saturated rings. The van der Waals surface area contributed by atoms with Crippen LogP contribution in [0, 0.1) is 6.92 Å². The topological polar surface area (TPSA) is 38.0 Å². The molecule has 84 valence electrons. The van der Waals surface area contributed by atoms with Gasteiger partial charge in [-0.2, -0.15) is 11.8 Å². The van der Waals surface area contributed by atoms with E-state index in [4.69, 9.17) is 5.84 Å². The van der Waals surface area contributed by atoms with Gasteiger partial charge in [0.05, 0.1) is 6.04 Å². The lowest BCUT2D eigenvalue weighted by Gasteiger charge is -2.17. The van der Waals surface area contributed by atoms with Gasteiger partial charge < -0.3 is 0 Å². The first kappa shape index (κ1) is 12.6. The van der Waals surface area contributed by atoms with Crippen LogP contribution >= 0.6 is 11.8 Å². The zero-order valence-corrected chi connectivity index (χ0v) is 10.5. The monoisotopic (exact) mass is 224 g/mol. The normalized spacial score (nSPS) is 13.1. The molecular weight excluding hydrogens is 204 g/mol. The predicted molar refractivity (Wildman–Crippen MR) is 68.8 cm³/mol. The van der Waals surface area contributed by atoms with Crippen molar-refractivity contribution < 1.29 is 0 Å². The Morgan fingerprint density at radius 1 is 1.40 bits per heavy atom. The van der Waals surface area contributed by atoms with Crippen molar-refractivity contribution in [2.24, 2.45) is 5.84 Å². The third-order valence-corrected chi connectivity index (χ3v) is 3.43. The average Bonchev–Trinajstić information content (AvgIpc) is 2.18. The van der Waals surface area contributed by atoms with Crippen molar-refractivity contribution in [2.45, 2.75) is 32.1 Å². The average molecular weight is 224 g/mol. The lowest BCUT2D eigenvalue weighted by Crippen LogP contribution is -2.30. The van der Waals surface area contributed by atoms with E-state index in [0.29, 0.717) is 5.25 Å². The first-order valence-corrected chi connectivity index (χ1v) is 6.32. The van der Waals surface area contributed by atoms with Crippen LogP contribution in [0.2, 0.25) is 0 Å². The highest BCUT2D eigenvalue weighted by atomic mass is 32.2. The molecule has 1 aromatic carbocycles. The SMILES string of the molecule is Cc1cccc(C(CSC(C)C)NN)c1. The molecule has 0 amide bonds. The second-order valence-electron chi connectivity index (χ2n) is 4.02. The number of aryl methyl sites for hydroxylation is 1. The third-order valence-electron chi connectivity index (χ3n) is 2.24. The molecule has 0 spiro atoms. The summed E-state index contributed by atoms with van der Waals surface area (Å²) in [5.74, 6) is 6.59. The molecule has 0 bridgehead atoms. The van der Waals surface area contributed by atoms with Crippen molar-refractivity contribution in [3.63, 3.8) is 0 Å². The highest BCUT2D eigenvalue weighted by molar-refractivity contribution is 7.99. The molecule has 0 saturated carbocycles. The van der Waals surface area contributed by atoms with E-state index in [2.05, 4.69) is 50.5 Å². The summed E-state index contributed by atoms with van der Waals surface area (Å²) in [6, 6.07) is 8.74. The summed E-state index contributed by atoms with van der Waals surface area (Å²) in [6.45, 7) is 6.51. The van der Waals surface area contributed by atoms with Gasteiger partial charge in [-0.1, -0.05) is 43.7 Å². The van der Waals surface area contributed by atoms with Crippen molar-refractivity contribution in [2.75, 3.05) is 5.75 Å². The molecule has 0 aliphatic heterocycles. The maximum absolute atomic E-state index is 5.58. The number of nitrogens with one attached hydrogen (secondary N) is 1. The first-order chi connectivity index (χ1) is 7.13. The lowest BCUT2D eigenvalue weighted by molar-refractivity contribution is 0.610. The highest BCUT2D eigenvalue weighted by Crippen LogP contribution is 2.21. The van der Waals surface area contributed by atoms with E-state index in [1.54, 1.807) is 0 Å². The van der Waals surface area contributed by atoms with Crippen LogP contribution in [0.25, 0.3) is 0 Å². The number of thioether (sulfide) groups is 1. The Kier molecular flexibility index (Phi) is 5.15. The second kappa shape index (κ2) is 6.16. The number of rotatable bonds is 5. The number of hydrogen-bond acceptors (Lipinski definition) is 3. The molecule has 0 heterocycles. The maximum atomic E-state index is 5.58. The van der Waals surface area contributed by atoms with Crippen LogP contribution in [0.1, 0.15) is 31.0 Å². The van der Waals surface area contributed by atoms with E-state index in [0.717, 1.165) is 5.75 Å². The minimum atomic E-state index is 0.247. The van der Waals surface area contributed by atoms with Gasteiger partial charge in [0.1, 0.15) is 0 Å². The van der Waals surface area contributed by atoms with Crippen LogP contribution in [0.3, 0.4) is 0 Å². The quantitative estimate of drug-likeness (QED) is 0.596. The van der Waals surface area contributed by atoms with Crippen molar-refractivity contribution in [3.8, 4) is 0 Å². The predicted octanol–water partition coefficient (Wildman–Crippen LogP) is 2.64. The van der Waals surface area contributed by atoms with Gasteiger partial charge >= 0.3 is 0 Å². The summed E-state index contributed by atoms with van der Waals surface area (Å²) in [5.41, 5.74) is 5.43. The van der Waals surface area contributed by atoms with E-state index >= 15 is 0 Å². The molecular formula is C12H20N2S. The van der Waals surface area contributed by atoms with Gasteiger partial charge in [-0.3, -0.25) is 11.3 Å². The van der Waals surface area contributed by atoms with Gasteiger partial charge in [-0.05, 0) is 17.7 Å². The molecule has 3 heteroatoms. The van der Waals surface area contributed by atoms with E-state index in [9.17, 15) is 0 Å².